The lowest BCUT2D eigenvalue weighted by atomic mass is 10.1. The zero-order valence-electron chi connectivity index (χ0n) is 15.2. The smallest absolute Gasteiger partial charge is 0.188 e. The van der Waals surface area contributed by atoms with Crippen LogP contribution in [0, 0.1) is 0 Å². The molecule has 0 saturated carbocycles. The van der Waals surface area contributed by atoms with Gasteiger partial charge in [-0.1, -0.05) is 54.6 Å². The van der Waals surface area contributed by atoms with E-state index in [2.05, 4.69) is 63.7 Å². The average molecular weight is 352 g/mol. The van der Waals surface area contributed by atoms with Gasteiger partial charge in [0.25, 0.3) is 0 Å². The van der Waals surface area contributed by atoms with Crippen molar-refractivity contribution in [1.29, 1.82) is 0 Å². The Balaban J connectivity index is 1.45. The first-order chi connectivity index (χ1) is 12.8. The molecule has 0 radical (unpaired) electrons. The molecule has 0 spiro atoms. The maximum absolute atomic E-state index is 5.99. The van der Waals surface area contributed by atoms with E-state index in [1.54, 1.807) is 0 Å². The number of aliphatic imine (C=N–C) groups is 1. The molecule has 0 aromatic heterocycles. The number of nitrogens with two attached hydrogens (primary N) is 1. The van der Waals surface area contributed by atoms with Crippen molar-refractivity contribution in [3.8, 4) is 0 Å². The van der Waals surface area contributed by atoms with E-state index in [-0.39, 0.29) is 0 Å². The van der Waals surface area contributed by atoms with Crippen LogP contribution in [0.25, 0.3) is 0 Å². The highest BCUT2D eigenvalue weighted by Gasteiger charge is 2.10. The Labute approximate surface area is 155 Å². The van der Waals surface area contributed by atoms with Crippen LogP contribution in [0.1, 0.15) is 16.7 Å². The largest absolute Gasteiger partial charge is 0.379 e. The zero-order chi connectivity index (χ0) is 18.0. The summed E-state index contributed by atoms with van der Waals surface area (Å²) in [4.78, 5) is 6.89. The summed E-state index contributed by atoms with van der Waals surface area (Å²) in [7, 11) is 0. The highest BCUT2D eigenvalue weighted by molar-refractivity contribution is 5.77. The van der Waals surface area contributed by atoms with E-state index in [1.807, 2.05) is 6.07 Å². The standard InChI is InChI=1S/C21H28N4O/c22-21(23-10-9-18-5-2-1-3-6-18)24-16-19-7-4-8-20(15-19)17-25-11-13-26-14-12-25/h1-8,15H,9-14,16-17H2,(H3,22,23,24). The van der Waals surface area contributed by atoms with Gasteiger partial charge in [0.15, 0.2) is 5.96 Å². The summed E-state index contributed by atoms with van der Waals surface area (Å²) in [5.41, 5.74) is 9.78. The second-order valence-electron chi connectivity index (χ2n) is 6.57. The first-order valence-corrected chi connectivity index (χ1v) is 9.25. The molecule has 1 fully saturated rings. The van der Waals surface area contributed by atoms with Crippen LogP contribution in [0.5, 0.6) is 0 Å². The van der Waals surface area contributed by atoms with Crippen LogP contribution in [0.3, 0.4) is 0 Å². The molecule has 1 aliphatic rings. The highest BCUT2D eigenvalue weighted by atomic mass is 16.5. The van der Waals surface area contributed by atoms with E-state index < -0.39 is 0 Å². The van der Waals surface area contributed by atoms with Crippen molar-refractivity contribution in [3.63, 3.8) is 0 Å². The van der Waals surface area contributed by atoms with Gasteiger partial charge in [-0.15, -0.1) is 0 Å². The van der Waals surface area contributed by atoms with Gasteiger partial charge in [0.1, 0.15) is 0 Å². The minimum absolute atomic E-state index is 0.500. The van der Waals surface area contributed by atoms with Crippen LogP contribution in [0.4, 0.5) is 0 Å². The fourth-order valence-electron chi connectivity index (χ4n) is 3.06. The maximum Gasteiger partial charge on any atom is 0.188 e. The number of benzene rings is 2. The van der Waals surface area contributed by atoms with Gasteiger partial charge in [-0.25, -0.2) is 4.99 Å². The lowest BCUT2D eigenvalue weighted by Crippen LogP contribution is -2.35. The number of hydrogen-bond acceptors (Lipinski definition) is 3. The summed E-state index contributed by atoms with van der Waals surface area (Å²) >= 11 is 0. The Morgan fingerprint density at radius 1 is 1.00 bits per heavy atom. The number of guanidine groups is 1. The third-order valence-electron chi connectivity index (χ3n) is 4.50. The van der Waals surface area contributed by atoms with Gasteiger partial charge in [-0.05, 0) is 23.1 Å². The van der Waals surface area contributed by atoms with E-state index in [9.17, 15) is 0 Å². The zero-order valence-corrected chi connectivity index (χ0v) is 15.2. The maximum atomic E-state index is 5.99. The van der Waals surface area contributed by atoms with Crippen LogP contribution < -0.4 is 11.1 Å². The molecule has 0 bridgehead atoms. The Kier molecular flexibility index (Phi) is 7.05. The molecule has 5 heteroatoms. The quantitative estimate of drug-likeness (QED) is 0.592. The highest BCUT2D eigenvalue weighted by Crippen LogP contribution is 2.10. The first kappa shape index (κ1) is 18.4. The molecule has 3 N–H and O–H groups in total. The number of ether oxygens (including phenoxy) is 1. The molecular formula is C21H28N4O. The summed E-state index contributed by atoms with van der Waals surface area (Å²) in [5.74, 6) is 0.500. The SMILES string of the molecule is NC(=NCc1cccc(CN2CCOCC2)c1)NCCc1ccccc1. The lowest BCUT2D eigenvalue weighted by molar-refractivity contribution is 0.0342. The molecular weight excluding hydrogens is 324 g/mol. The van der Waals surface area contributed by atoms with Crippen molar-refractivity contribution in [3.05, 3.63) is 71.3 Å². The average Bonchev–Trinajstić information content (AvgIpc) is 2.68. The number of rotatable bonds is 7. The lowest BCUT2D eigenvalue weighted by Gasteiger charge is -2.26. The first-order valence-electron chi connectivity index (χ1n) is 9.25. The summed E-state index contributed by atoms with van der Waals surface area (Å²) in [6.45, 7) is 6.01. The minimum atomic E-state index is 0.500. The molecule has 1 saturated heterocycles. The third-order valence-corrected chi connectivity index (χ3v) is 4.50. The molecule has 0 atom stereocenters. The molecule has 0 unspecified atom stereocenters. The number of hydrogen-bond donors (Lipinski definition) is 2. The Hall–Kier alpha value is -2.37. The molecule has 138 valence electrons. The van der Waals surface area contributed by atoms with Crippen molar-refractivity contribution < 1.29 is 4.74 Å². The van der Waals surface area contributed by atoms with Gasteiger partial charge >= 0.3 is 0 Å². The molecule has 26 heavy (non-hydrogen) atoms. The topological polar surface area (TPSA) is 62.9 Å². The predicted molar refractivity (Wildman–Crippen MR) is 106 cm³/mol. The second-order valence-corrected chi connectivity index (χ2v) is 6.57. The Bertz CT molecular complexity index is 696. The number of nitrogens with zero attached hydrogens (tertiary/aromatic N) is 2. The molecule has 1 aliphatic heterocycles. The van der Waals surface area contributed by atoms with E-state index in [4.69, 9.17) is 10.5 Å². The van der Waals surface area contributed by atoms with Crippen molar-refractivity contribution in [2.75, 3.05) is 32.8 Å². The number of nitrogens with one attached hydrogen (secondary N) is 1. The van der Waals surface area contributed by atoms with Gasteiger partial charge in [-0.3, -0.25) is 4.90 Å². The van der Waals surface area contributed by atoms with Crippen molar-refractivity contribution in [1.82, 2.24) is 10.2 Å². The van der Waals surface area contributed by atoms with Gasteiger partial charge < -0.3 is 15.8 Å². The molecule has 0 aliphatic carbocycles. The van der Waals surface area contributed by atoms with Crippen LogP contribution >= 0.6 is 0 Å². The van der Waals surface area contributed by atoms with Gasteiger partial charge in [0.05, 0.1) is 19.8 Å². The van der Waals surface area contributed by atoms with E-state index in [1.165, 1.54) is 16.7 Å². The van der Waals surface area contributed by atoms with E-state index in [0.29, 0.717) is 12.5 Å². The van der Waals surface area contributed by atoms with E-state index >= 15 is 0 Å². The summed E-state index contributed by atoms with van der Waals surface area (Å²) in [5, 5.41) is 3.19. The fraction of sp³-hybridized carbons (Fsp3) is 0.381. The van der Waals surface area contributed by atoms with Gasteiger partial charge in [0, 0.05) is 26.2 Å². The molecule has 0 amide bonds. The predicted octanol–water partition coefficient (Wildman–Crippen LogP) is 2.17. The molecule has 5 nitrogen and oxygen atoms in total. The van der Waals surface area contributed by atoms with Crippen LogP contribution in [-0.4, -0.2) is 43.7 Å². The van der Waals surface area contributed by atoms with Crippen molar-refractivity contribution in [2.24, 2.45) is 10.7 Å². The Morgan fingerprint density at radius 2 is 1.73 bits per heavy atom. The number of morpholine rings is 1. The second kappa shape index (κ2) is 9.94. The monoisotopic (exact) mass is 352 g/mol. The summed E-state index contributed by atoms with van der Waals surface area (Å²) < 4.78 is 5.41. The van der Waals surface area contributed by atoms with Crippen LogP contribution in [-0.2, 0) is 24.2 Å². The summed E-state index contributed by atoms with van der Waals surface area (Å²) in [6.07, 6.45) is 0.937. The Morgan fingerprint density at radius 3 is 2.54 bits per heavy atom. The van der Waals surface area contributed by atoms with Crippen LogP contribution in [0.15, 0.2) is 59.6 Å². The normalized spacial score (nSPS) is 15.8. The van der Waals surface area contributed by atoms with Crippen molar-refractivity contribution in [2.45, 2.75) is 19.5 Å². The van der Waals surface area contributed by atoms with Crippen LogP contribution in [0.2, 0.25) is 0 Å². The minimum Gasteiger partial charge on any atom is -0.379 e. The third kappa shape index (κ3) is 6.17. The van der Waals surface area contributed by atoms with Gasteiger partial charge in [0.2, 0.25) is 0 Å². The molecule has 3 rings (SSSR count). The van der Waals surface area contributed by atoms with E-state index in [0.717, 1.165) is 45.8 Å². The molecule has 1 heterocycles. The van der Waals surface area contributed by atoms with Crippen molar-refractivity contribution >= 4 is 5.96 Å². The van der Waals surface area contributed by atoms with Gasteiger partial charge in [-0.2, -0.15) is 0 Å². The molecule has 2 aromatic carbocycles. The summed E-state index contributed by atoms with van der Waals surface area (Å²) in [6, 6.07) is 19.0. The fourth-order valence-corrected chi connectivity index (χ4v) is 3.06. The molecule has 2 aromatic rings.